The first-order valence-electron chi connectivity index (χ1n) is 13.9. The van der Waals surface area contributed by atoms with Gasteiger partial charge < -0.3 is 10.1 Å². The molecule has 12 atom stereocenters. The molecule has 6 aliphatic rings. The molecule has 0 bridgehead atoms. The zero-order valence-electron chi connectivity index (χ0n) is 20.9. The van der Waals surface area contributed by atoms with Gasteiger partial charge in [0, 0.05) is 18.5 Å². The van der Waals surface area contributed by atoms with Crippen molar-refractivity contribution < 1.29 is 9.53 Å². The summed E-state index contributed by atoms with van der Waals surface area (Å²) in [6.07, 6.45) is 14.5. The highest BCUT2D eigenvalue weighted by Crippen LogP contribution is 2.71. The molecule has 2 aliphatic heterocycles. The zero-order valence-corrected chi connectivity index (χ0v) is 20.9. The van der Waals surface area contributed by atoms with Crippen molar-refractivity contribution in [3.05, 3.63) is 0 Å². The Morgan fingerprint density at radius 3 is 2.50 bits per heavy atom. The minimum absolute atomic E-state index is 0.0414. The summed E-state index contributed by atoms with van der Waals surface area (Å²) in [7, 11) is 0. The maximum Gasteiger partial charge on any atom is 0.207 e. The standard InChI is InChI=1S/C28H46N2O2/c1-17-7-12-28(30-15-17)18(2)25-24(32-28)14-23-21-6-5-19-13-20(29-16-31)8-10-26(19,3)22(21)9-11-27(23,25)4/h16-25,30H,5-15H2,1-4H3,(H,29,31). The molecular weight excluding hydrogens is 396 g/mol. The Bertz CT molecular complexity index is 748. The van der Waals surface area contributed by atoms with Gasteiger partial charge in [0.25, 0.3) is 0 Å². The second kappa shape index (κ2) is 7.44. The van der Waals surface area contributed by atoms with Crippen molar-refractivity contribution in [2.24, 2.45) is 52.3 Å². The Morgan fingerprint density at radius 2 is 1.75 bits per heavy atom. The van der Waals surface area contributed by atoms with Crippen molar-refractivity contribution in [1.29, 1.82) is 0 Å². The molecule has 2 heterocycles. The average Bonchev–Trinajstić information content (AvgIpc) is 3.21. The fourth-order valence-corrected chi connectivity index (χ4v) is 10.7. The number of rotatable bonds is 2. The number of amides is 1. The lowest BCUT2D eigenvalue weighted by Gasteiger charge is -2.61. The number of ether oxygens (including phenoxy) is 1. The summed E-state index contributed by atoms with van der Waals surface area (Å²) in [6, 6.07) is 0.415. The summed E-state index contributed by atoms with van der Waals surface area (Å²) in [4.78, 5) is 11.0. The van der Waals surface area contributed by atoms with E-state index in [1.54, 1.807) is 0 Å². The SMILES string of the molecule is CC1CCC2(NC1)OC1CC3C4CCC5CC(NC=O)CCC5(C)C4CCC3(C)C1C2C. The van der Waals surface area contributed by atoms with E-state index in [0.29, 0.717) is 28.9 Å². The maximum atomic E-state index is 11.0. The van der Waals surface area contributed by atoms with Crippen LogP contribution in [0.5, 0.6) is 0 Å². The number of carbonyl (C=O) groups excluding carboxylic acids is 1. The normalized spacial score (nSPS) is 59.1. The molecule has 1 spiro atoms. The fourth-order valence-electron chi connectivity index (χ4n) is 10.7. The summed E-state index contributed by atoms with van der Waals surface area (Å²) in [5, 5.41) is 7.01. The van der Waals surface area contributed by atoms with Crippen LogP contribution in [0.1, 0.15) is 91.9 Å². The Kier molecular flexibility index (Phi) is 5.09. The molecule has 0 radical (unpaired) electrons. The van der Waals surface area contributed by atoms with Gasteiger partial charge in [-0.25, -0.2) is 0 Å². The predicted octanol–water partition coefficient (Wildman–Crippen LogP) is 5.12. The summed E-state index contributed by atoms with van der Waals surface area (Å²) < 4.78 is 7.03. The maximum absolute atomic E-state index is 11.0. The van der Waals surface area contributed by atoms with Crippen molar-refractivity contribution in [1.82, 2.24) is 10.6 Å². The van der Waals surface area contributed by atoms with Crippen LogP contribution in [0.3, 0.4) is 0 Å². The van der Waals surface area contributed by atoms with Crippen LogP contribution in [0, 0.1) is 52.3 Å². The Balaban J connectivity index is 1.22. The van der Waals surface area contributed by atoms with Crippen LogP contribution in [-0.4, -0.2) is 30.8 Å². The van der Waals surface area contributed by atoms with Crippen molar-refractivity contribution in [3.8, 4) is 0 Å². The van der Waals surface area contributed by atoms with Gasteiger partial charge in [-0.05, 0) is 111 Å². The smallest absolute Gasteiger partial charge is 0.207 e. The first-order valence-corrected chi connectivity index (χ1v) is 13.9. The molecule has 4 nitrogen and oxygen atoms in total. The van der Waals surface area contributed by atoms with E-state index in [1.165, 1.54) is 64.2 Å². The van der Waals surface area contributed by atoms with Gasteiger partial charge in [-0.2, -0.15) is 0 Å². The number of piperidine rings is 1. The van der Waals surface area contributed by atoms with Crippen LogP contribution in [0.15, 0.2) is 0 Å². The summed E-state index contributed by atoms with van der Waals surface area (Å²) in [5.74, 6) is 5.56. The number of hydrogen-bond donors (Lipinski definition) is 2. The average molecular weight is 443 g/mol. The second-order valence-electron chi connectivity index (χ2n) is 13.6. The lowest BCUT2D eigenvalue weighted by molar-refractivity contribution is -0.134. The molecule has 0 aromatic carbocycles. The van der Waals surface area contributed by atoms with E-state index in [-0.39, 0.29) is 5.72 Å². The molecule has 2 N–H and O–H groups in total. The van der Waals surface area contributed by atoms with Crippen LogP contribution in [0.2, 0.25) is 0 Å². The second-order valence-corrected chi connectivity index (χ2v) is 13.6. The molecule has 1 amide bonds. The van der Waals surface area contributed by atoms with Gasteiger partial charge in [-0.15, -0.1) is 0 Å². The van der Waals surface area contributed by atoms with Crippen LogP contribution in [-0.2, 0) is 9.53 Å². The molecule has 0 aromatic rings. The van der Waals surface area contributed by atoms with Gasteiger partial charge >= 0.3 is 0 Å². The van der Waals surface area contributed by atoms with Crippen molar-refractivity contribution in [2.45, 2.75) is 110 Å². The summed E-state index contributed by atoms with van der Waals surface area (Å²) >= 11 is 0. The van der Waals surface area contributed by atoms with Gasteiger partial charge in [0.2, 0.25) is 6.41 Å². The first kappa shape index (κ1) is 21.9. The van der Waals surface area contributed by atoms with E-state index in [2.05, 4.69) is 38.3 Å². The highest BCUT2D eigenvalue weighted by Gasteiger charge is 2.68. The number of carbonyl (C=O) groups is 1. The van der Waals surface area contributed by atoms with Gasteiger partial charge in [0.1, 0.15) is 5.72 Å². The van der Waals surface area contributed by atoms with Gasteiger partial charge in [-0.3, -0.25) is 10.1 Å². The molecule has 4 aliphatic carbocycles. The third-order valence-electron chi connectivity index (χ3n) is 12.4. The van der Waals surface area contributed by atoms with Gasteiger partial charge in [0.05, 0.1) is 6.10 Å². The van der Waals surface area contributed by atoms with Crippen LogP contribution in [0.4, 0.5) is 0 Å². The molecule has 6 rings (SSSR count). The molecule has 4 saturated carbocycles. The molecule has 2 saturated heterocycles. The number of fused-ring (bicyclic) bond motifs is 7. The molecule has 0 aromatic heterocycles. The van der Waals surface area contributed by atoms with E-state index in [0.717, 1.165) is 48.5 Å². The summed E-state index contributed by atoms with van der Waals surface area (Å²) in [6.45, 7) is 11.3. The minimum atomic E-state index is -0.0414. The Hall–Kier alpha value is -0.610. The quantitative estimate of drug-likeness (QED) is 0.584. The third kappa shape index (κ3) is 2.90. The highest BCUT2D eigenvalue weighted by molar-refractivity contribution is 5.46. The van der Waals surface area contributed by atoms with E-state index in [9.17, 15) is 4.79 Å². The topological polar surface area (TPSA) is 50.4 Å². The molecule has 4 heteroatoms. The lowest BCUT2D eigenvalue weighted by atomic mass is 9.44. The largest absolute Gasteiger partial charge is 0.357 e. The van der Waals surface area contributed by atoms with Crippen LogP contribution < -0.4 is 10.6 Å². The number of hydrogen-bond acceptors (Lipinski definition) is 3. The predicted molar refractivity (Wildman–Crippen MR) is 127 cm³/mol. The molecule has 12 unspecified atom stereocenters. The van der Waals surface area contributed by atoms with E-state index < -0.39 is 0 Å². The number of nitrogens with one attached hydrogen (secondary N) is 2. The van der Waals surface area contributed by atoms with Crippen molar-refractivity contribution in [3.63, 3.8) is 0 Å². The Labute approximate surface area is 195 Å². The van der Waals surface area contributed by atoms with E-state index in [1.807, 2.05) is 0 Å². The third-order valence-corrected chi connectivity index (χ3v) is 12.4. The van der Waals surface area contributed by atoms with E-state index in [4.69, 9.17) is 4.74 Å². The zero-order chi connectivity index (χ0) is 22.3. The summed E-state index contributed by atoms with van der Waals surface area (Å²) in [5.41, 5.74) is 0.900. The fraction of sp³-hybridized carbons (Fsp3) is 0.964. The minimum Gasteiger partial charge on any atom is -0.357 e. The Morgan fingerprint density at radius 1 is 0.938 bits per heavy atom. The monoisotopic (exact) mass is 442 g/mol. The van der Waals surface area contributed by atoms with Crippen LogP contribution >= 0.6 is 0 Å². The van der Waals surface area contributed by atoms with E-state index >= 15 is 0 Å². The first-order chi connectivity index (χ1) is 15.3. The lowest BCUT2D eigenvalue weighted by Crippen LogP contribution is -2.58. The molecular formula is C28H46N2O2. The van der Waals surface area contributed by atoms with Crippen molar-refractivity contribution in [2.75, 3.05) is 6.54 Å². The molecule has 6 fully saturated rings. The van der Waals surface area contributed by atoms with Gasteiger partial charge in [-0.1, -0.05) is 27.7 Å². The highest BCUT2D eigenvalue weighted by atomic mass is 16.5. The van der Waals surface area contributed by atoms with Crippen LogP contribution in [0.25, 0.3) is 0 Å². The van der Waals surface area contributed by atoms with Gasteiger partial charge in [0.15, 0.2) is 0 Å². The van der Waals surface area contributed by atoms with Crippen molar-refractivity contribution >= 4 is 6.41 Å². The molecule has 32 heavy (non-hydrogen) atoms. The molecule has 180 valence electrons.